The van der Waals surface area contributed by atoms with Gasteiger partial charge in [-0.15, -0.1) is 0 Å². The quantitative estimate of drug-likeness (QED) is 0.673. The molecule has 2 N–H and O–H groups in total. The van der Waals surface area contributed by atoms with Crippen LogP contribution < -0.4 is 24.0 Å². The Morgan fingerprint density at radius 2 is 1.93 bits per heavy atom. The molecule has 29 heavy (non-hydrogen) atoms. The Hall–Kier alpha value is -2.01. The number of nitrogens with zero attached hydrogens (tertiary/aromatic N) is 3. The molecular formula is C18H20ClN5O3S2. The lowest BCUT2D eigenvalue weighted by molar-refractivity contribution is 0.316. The number of hydrogen-bond donors (Lipinski definition) is 2. The molecule has 1 saturated heterocycles. The predicted molar refractivity (Wildman–Crippen MR) is 116 cm³/mol. The van der Waals surface area contributed by atoms with Crippen molar-refractivity contribution in [2.24, 2.45) is 0 Å². The van der Waals surface area contributed by atoms with Crippen molar-refractivity contribution >= 4 is 45.1 Å². The Bertz CT molecular complexity index is 1030. The van der Waals surface area contributed by atoms with Gasteiger partial charge in [-0.3, -0.25) is 8.61 Å². The first-order valence-corrected chi connectivity index (χ1v) is 11.9. The fraction of sp³-hybridized carbons (Fsp3) is 0.333. The summed E-state index contributed by atoms with van der Waals surface area (Å²) < 4.78 is 39.4. The zero-order chi connectivity index (χ0) is 20.0. The van der Waals surface area contributed by atoms with Crippen LogP contribution in [0.5, 0.6) is 5.75 Å². The predicted octanol–water partition coefficient (Wildman–Crippen LogP) is 2.00. The average Bonchev–Trinajstić information content (AvgIpc) is 3.22. The molecule has 0 aromatic heterocycles. The van der Waals surface area contributed by atoms with Crippen molar-refractivity contribution < 1.29 is 13.2 Å². The van der Waals surface area contributed by atoms with E-state index in [1.807, 2.05) is 12.3 Å². The first kappa shape index (κ1) is 19.0. The van der Waals surface area contributed by atoms with E-state index >= 15 is 0 Å². The lowest BCUT2D eigenvalue weighted by Gasteiger charge is -2.36. The summed E-state index contributed by atoms with van der Waals surface area (Å²) >= 11 is 7.74. The van der Waals surface area contributed by atoms with Gasteiger partial charge in [-0.05, 0) is 24.3 Å². The van der Waals surface area contributed by atoms with E-state index in [2.05, 4.69) is 14.9 Å². The molecule has 8 nitrogen and oxygen atoms in total. The summed E-state index contributed by atoms with van der Waals surface area (Å²) in [7, 11) is -3.81. The molecule has 0 amide bonds. The molecule has 4 aliphatic heterocycles. The normalized spacial score (nSPS) is 21.1. The maximum atomic E-state index is 13.6. The van der Waals surface area contributed by atoms with Crippen molar-refractivity contribution in [3.63, 3.8) is 0 Å². The average molecular weight is 454 g/mol. The smallest absolute Gasteiger partial charge is 0.266 e. The molecule has 1 fully saturated rings. The maximum absolute atomic E-state index is 13.6. The standard InChI is InChI=1S/C18H20ClN5O3S2/c19-13-10-14(22-6-3-20-4-7-22)18-15(11-13)24(8-9-27-18)29(25,26)17-2-1-5-23-16(17)12-21-28-23/h1-2,5,10-12,20-21H,3-4,6-9H2. The number of piperazine rings is 1. The molecule has 1 aromatic rings. The van der Waals surface area contributed by atoms with Crippen LogP contribution >= 0.6 is 23.7 Å². The number of fused-ring (bicyclic) bond motifs is 2. The second kappa shape index (κ2) is 7.35. The summed E-state index contributed by atoms with van der Waals surface area (Å²) in [5.74, 6) is 0.572. The third kappa shape index (κ3) is 3.24. The van der Waals surface area contributed by atoms with Crippen LogP contribution in [0.25, 0.3) is 0 Å². The topological polar surface area (TPSA) is 77.2 Å². The largest absolute Gasteiger partial charge is 0.487 e. The molecule has 0 aliphatic carbocycles. The SMILES string of the molecule is O=S(=O)(C1=CC=CN2SNC=C12)N1CCOc2c(N3CCNCC3)cc(Cl)cc21. The second-order valence-electron chi connectivity index (χ2n) is 6.87. The number of allylic oxidation sites excluding steroid dienone is 2. The van der Waals surface area contributed by atoms with Crippen molar-refractivity contribution in [1.82, 2.24) is 14.3 Å². The molecule has 0 radical (unpaired) electrons. The molecule has 0 atom stereocenters. The number of halogens is 1. The van der Waals surface area contributed by atoms with E-state index in [1.165, 1.54) is 16.4 Å². The molecule has 4 heterocycles. The number of hydrogen-bond acceptors (Lipinski definition) is 8. The van der Waals surface area contributed by atoms with Gasteiger partial charge < -0.3 is 19.7 Å². The molecule has 0 unspecified atom stereocenters. The molecule has 5 rings (SSSR count). The van der Waals surface area contributed by atoms with Gasteiger partial charge in [0.1, 0.15) is 11.5 Å². The van der Waals surface area contributed by atoms with E-state index in [1.54, 1.807) is 28.7 Å². The fourth-order valence-electron chi connectivity index (χ4n) is 3.81. The highest BCUT2D eigenvalue weighted by molar-refractivity contribution is 7.97. The van der Waals surface area contributed by atoms with Gasteiger partial charge in [-0.25, -0.2) is 8.42 Å². The van der Waals surface area contributed by atoms with Crippen LogP contribution in [-0.4, -0.2) is 52.1 Å². The van der Waals surface area contributed by atoms with Crippen molar-refractivity contribution in [1.29, 1.82) is 0 Å². The van der Waals surface area contributed by atoms with Crippen molar-refractivity contribution in [2.45, 2.75) is 0 Å². The number of ether oxygens (including phenoxy) is 1. The number of nitrogens with one attached hydrogen (secondary N) is 2. The Kier molecular flexibility index (Phi) is 4.81. The van der Waals surface area contributed by atoms with Crippen molar-refractivity contribution in [2.75, 3.05) is 48.5 Å². The number of benzene rings is 1. The summed E-state index contributed by atoms with van der Waals surface area (Å²) in [4.78, 5) is 2.43. The van der Waals surface area contributed by atoms with Gasteiger partial charge in [0, 0.05) is 43.6 Å². The highest BCUT2D eigenvalue weighted by Gasteiger charge is 2.38. The van der Waals surface area contributed by atoms with Gasteiger partial charge >= 0.3 is 0 Å². The monoisotopic (exact) mass is 453 g/mol. The second-order valence-corrected chi connectivity index (χ2v) is 9.95. The number of rotatable bonds is 3. The highest BCUT2D eigenvalue weighted by Crippen LogP contribution is 2.46. The summed E-state index contributed by atoms with van der Waals surface area (Å²) in [6.45, 7) is 3.85. The van der Waals surface area contributed by atoms with E-state index in [0.717, 1.165) is 31.9 Å². The van der Waals surface area contributed by atoms with E-state index in [9.17, 15) is 8.42 Å². The van der Waals surface area contributed by atoms with Crippen LogP contribution in [0.15, 0.2) is 47.3 Å². The minimum absolute atomic E-state index is 0.228. The van der Waals surface area contributed by atoms with Gasteiger partial charge in [-0.2, -0.15) is 0 Å². The van der Waals surface area contributed by atoms with Crippen LogP contribution in [-0.2, 0) is 10.0 Å². The number of anilines is 2. The summed E-state index contributed by atoms with van der Waals surface area (Å²) in [5, 5.41) is 3.81. The minimum Gasteiger partial charge on any atom is -0.487 e. The van der Waals surface area contributed by atoms with Gasteiger partial charge in [0.2, 0.25) is 0 Å². The lowest BCUT2D eigenvalue weighted by atomic mass is 10.2. The molecule has 11 heteroatoms. The van der Waals surface area contributed by atoms with Crippen LogP contribution in [0.3, 0.4) is 0 Å². The summed E-state index contributed by atoms with van der Waals surface area (Å²) in [6.07, 6.45) is 6.88. The lowest BCUT2D eigenvalue weighted by Crippen LogP contribution is -2.44. The first-order chi connectivity index (χ1) is 14.1. The van der Waals surface area contributed by atoms with E-state index in [-0.39, 0.29) is 18.1 Å². The molecule has 0 saturated carbocycles. The van der Waals surface area contributed by atoms with Gasteiger partial charge in [0.05, 0.1) is 35.8 Å². The molecule has 0 bridgehead atoms. The van der Waals surface area contributed by atoms with E-state index < -0.39 is 10.0 Å². The summed E-state index contributed by atoms with van der Waals surface area (Å²) in [5.41, 5.74) is 1.93. The van der Waals surface area contributed by atoms with Crippen LogP contribution in [0.4, 0.5) is 11.4 Å². The zero-order valence-electron chi connectivity index (χ0n) is 15.5. The third-order valence-electron chi connectivity index (χ3n) is 5.16. The van der Waals surface area contributed by atoms with E-state index in [0.29, 0.717) is 22.2 Å². The van der Waals surface area contributed by atoms with Gasteiger partial charge in [-0.1, -0.05) is 11.6 Å². The Morgan fingerprint density at radius 3 is 2.76 bits per heavy atom. The highest BCUT2D eigenvalue weighted by atomic mass is 35.5. The van der Waals surface area contributed by atoms with Crippen molar-refractivity contribution in [3.8, 4) is 5.75 Å². The molecule has 154 valence electrons. The van der Waals surface area contributed by atoms with E-state index in [4.69, 9.17) is 16.3 Å². The molecule has 1 aromatic carbocycles. The molecular weight excluding hydrogens is 434 g/mol. The summed E-state index contributed by atoms with van der Waals surface area (Å²) in [6, 6.07) is 3.53. The van der Waals surface area contributed by atoms with Crippen molar-refractivity contribution in [3.05, 3.63) is 52.3 Å². The van der Waals surface area contributed by atoms with Gasteiger partial charge in [0.25, 0.3) is 10.0 Å². The molecule has 0 spiro atoms. The number of sulfonamides is 1. The fourth-order valence-corrected chi connectivity index (χ4v) is 6.35. The van der Waals surface area contributed by atoms with Gasteiger partial charge in [0.15, 0.2) is 5.75 Å². The Morgan fingerprint density at radius 1 is 1.14 bits per heavy atom. The zero-order valence-corrected chi connectivity index (χ0v) is 17.9. The first-order valence-electron chi connectivity index (χ1n) is 9.31. The molecule has 4 aliphatic rings. The maximum Gasteiger partial charge on any atom is 0.266 e. The van der Waals surface area contributed by atoms with Crippen LogP contribution in [0.1, 0.15) is 0 Å². The van der Waals surface area contributed by atoms with Crippen LogP contribution in [0, 0.1) is 0 Å². The third-order valence-corrected chi connectivity index (χ3v) is 7.97. The Balaban J connectivity index is 1.58. The Labute approximate surface area is 179 Å². The van der Waals surface area contributed by atoms with Crippen LogP contribution in [0.2, 0.25) is 5.02 Å². The minimum atomic E-state index is -3.81.